The van der Waals surface area contributed by atoms with Crippen molar-refractivity contribution in [3.8, 4) is 0 Å². The summed E-state index contributed by atoms with van der Waals surface area (Å²) in [5, 5.41) is 56.8. The number of carbonyl (C=O) groups is 2. The van der Waals surface area contributed by atoms with Gasteiger partial charge in [-0.2, -0.15) is 0 Å². The number of esters is 1. The number of carbonyl (C=O) groups excluding carboxylic acids is 2. The number of hydrogen-bond acceptors (Lipinski definition) is 10. The number of unbranched alkanes of at least 4 members (excludes halogenated alkanes) is 24. The standard InChI is InChI=1S/C61H107NO10/c1-4-7-10-13-16-19-22-24-26-27-28-29-30-33-36-39-42-45-48-54(65)60(69)62-52(53(64)47-44-41-38-35-32-21-18-15-12-9-6-3)51-70-61-59(58(68)57(67)55(50-63)71-61)72-56(66)49-46-43-40-37-34-31-25-23-20-17-14-11-8-5-2/h8,11,16-17,19-20,24,26,28-29,44,47,52-55,57-59,61,63-65,67-68H,4-7,9-10,12-15,18,21-23,25,27,30-43,45-46,48-51H2,1-3H3,(H,62,69)/b11-8+,19-16-,20-17+,26-24-,29-28-,47-44+. The zero-order valence-electron chi connectivity index (χ0n) is 45.8. The first-order valence-corrected chi connectivity index (χ1v) is 29.2. The predicted molar refractivity (Wildman–Crippen MR) is 296 cm³/mol. The molecule has 0 spiro atoms. The average Bonchev–Trinajstić information content (AvgIpc) is 3.38. The summed E-state index contributed by atoms with van der Waals surface area (Å²) in [7, 11) is 0. The maximum absolute atomic E-state index is 13.4. The van der Waals surface area contributed by atoms with Gasteiger partial charge in [0.25, 0.3) is 0 Å². The van der Waals surface area contributed by atoms with Crippen LogP contribution in [0.2, 0.25) is 0 Å². The van der Waals surface area contributed by atoms with Crippen LogP contribution in [0.1, 0.15) is 239 Å². The lowest BCUT2D eigenvalue weighted by Crippen LogP contribution is -2.61. The fourth-order valence-corrected chi connectivity index (χ4v) is 8.69. The molecule has 1 aliphatic heterocycles. The number of hydrogen-bond donors (Lipinski definition) is 6. The van der Waals surface area contributed by atoms with E-state index in [9.17, 15) is 35.1 Å². The first kappa shape index (κ1) is 67.1. The molecule has 1 heterocycles. The van der Waals surface area contributed by atoms with Crippen LogP contribution in [0, 0.1) is 0 Å². The highest BCUT2D eigenvalue weighted by Gasteiger charge is 2.47. The van der Waals surface area contributed by atoms with Crippen molar-refractivity contribution in [1.82, 2.24) is 5.32 Å². The molecule has 416 valence electrons. The summed E-state index contributed by atoms with van der Waals surface area (Å²) in [5.41, 5.74) is 0. The number of aliphatic hydroxyl groups is 5. The van der Waals surface area contributed by atoms with Crippen LogP contribution in [-0.4, -0.2) is 99.6 Å². The van der Waals surface area contributed by atoms with Gasteiger partial charge in [0, 0.05) is 6.42 Å². The first-order valence-electron chi connectivity index (χ1n) is 29.2. The van der Waals surface area contributed by atoms with E-state index in [4.69, 9.17) is 14.2 Å². The topological polar surface area (TPSA) is 175 Å². The largest absolute Gasteiger partial charge is 0.454 e. The smallest absolute Gasteiger partial charge is 0.306 e. The molecule has 0 bridgehead atoms. The Bertz CT molecular complexity index is 1440. The molecular formula is C61H107NO10. The second-order valence-electron chi connectivity index (χ2n) is 20.0. The van der Waals surface area contributed by atoms with Crippen molar-refractivity contribution in [3.63, 3.8) is 0 Å². The molecule has 0 aromatic rings. The quantitative estimate of drug-likeness (QED) is 0.0195. The Morgan fingerprint density at radius 2 is 1.00 bits per heavy atom. The lowest BCUT2D eigenvalue weighted by molar-refractivity contribution is -0.305. The van der Waals surface area contributed by atoms with Crippen LogP contribution >= 0.6 is 0 Å². The van der Waals surface area contributed by atoms with Crippen molar-refractivity contribution < 1.29 is 49.3 Å². The SMILES string of the molecule is CC/C=C/C/C=C/CCCCCCCCCC(=O)OC1C(OCC(NC(=O)C(O)CCCCCCC/C=C\C/C=C\C/C=C\CCCCC)C(O)/C=C/CCCCCCCCCCC)OC(CO)C(O)C1O. The third kappa shape index (κ3) is 36.9. The molecule has 1 rings (SSSR count). The molecule has 1 saturated heterocycles. The van der Waals surface area contributed by atoms with Crippen molar-refractivity contribution in [2.75, 3.05) is 13.2 Å². The maximum Gasteiger partial charge on any atom is 0.306 e. The van der Waals surface area contributed by atoms with Gasteiger partial charge in [-0.3, -0.25) is 9.59 Å². The third-order valence-corrected chi connectivity index (χ3v) is 13.3. The zero-order valence-corrected chi connectivity index (χ0v) is 45.8. The van der Waals surface area contributed by atoms with E-state index in [0.717, 1.165) is 109 Å². The summed E-state index contributed by atoms with van der Waals surface area (Å²) in [6.07, 6.45) is 50.8. The van der Waals surface area contributed by atoms with E-state index >= 15 is 0 Å². The minimum Gasteiger partial charge on any atom is -0.454 e. The van der Waals surface area contributed by atoms with Gasteiger partial charge >= 0.3 is 5.97 Å². The fourth-order valence-electron chi connectivity index (χ4n) is 8.69. The Morgan fingerprint density at radius 1 is 0.556 bits per heavy atom. The average molecular weight is 1010 g/mol. The lowest BCUT2D eigenvalue weighted by atomic mass is 9.99. The minimum absolute atomic E-state index is 0.110. The van der Waals surface area contributed by atoms with Crippen LogP contribution in [0.3, 0.4) is 0 Å². The minimum atomic E-state index is -1.62. The Kier molecular flexibility index (Phi) is 45.7. The van der Waals surface area contributed by atoms with E-state index in [1.807, 2.05) is 6.08 Å². The van der Waals surface area contributed by atoms with Crippen molar-refractivity contribution >= 4 is 11.9 Å². The van der Waals surface area contributed by atoms with Crippen LogP contribution < -0.4 is 5.32 Å². The van der Waals surface area contributed by atoms with Gasteiger partial charge in [0.05, 0.1) is 25.4 Å². The highest BCUT2D eigenvalue weighted by Crippen LogP contribution is 2.26. The monoisotopic (exact) mass is 1010 g/mol. The Balaban J connectivity index is 2.72. The summed E-state index contributed by atoms with van der Waals surface area (Å²) in [6, 6.07) is -1.03. The number of amides is 1. The van der Waals surface area contributed by atoms with Crippen molar-refractivity contribution in [3.05, 3.63) is 72.9 Å². The Labute approximate surface area is 439 Å². The van der Waals surface area contributed by atoms with Crippen LogP contribution in [-0.2, 0) is 23.8 Å². The number of aliphatic hydroxyl groups excluding tert-OH is 5. The molecule has 72 heavy (non-hydrogen) atoms. The van der Waals surface area contributed by atoms with Crippen LogP contribution in [0.4, 0.5) is 0 Å². The molecule has 11 nitrogen and oxygen atoms in total. The Hall–Kier alpha value is -2.90. The van der Waals surface area contributed by atoms with Gasteiger partial charge in [-0.25, -0.2) is 0 Å². The van der Waals surface area contributed by atoms with Gasteiger partial charge in [-0.05, 0) is 89.9 Å². The van der Waals surface area contributed by atoms with Crippen LogP contribution in [0.5, 0.6) is 0 Å². The van der Waals surface area contributed by atoms with Crippen molar-refractivity contribution in [2.45, 2.75) is 288 Å². The van der Waals surface area contributed by atoms with E-state index in [2.05, 4.69) is 86.8 Å². The molecular weight excluding hydrogens is 907 g/mol. The van der Waals surface area contributed by atoms with E-state index in [-0.39, 0.29) is 19.4 Å². The highest BCUT2D eigenvalue weighted by molar-refractivity contribution is 5.80. The lowest BCUT2D eigenvalue weighted by Gasteiger charge is -2.41. The van der Waals surface area contributed by atoms with E-state index < -0.39 is 67.4 Å². The first-order chi connectivity index (χ1) is 35.2. The molecule has 0 aliphatic carbocycles. The summed E-state index contributed by atoms with van der Waals surface area (Å²) in [6.45, 7) is 5.62. The summed E-state index contributed by atoms with van der Waals surface area (Å²) in [5.74, 6) is -1.22. The van der Waals surface area contributed by atoms with Crippen LogP contribution in [0.15, 0.2) is 72.9 Å². The Morgan fingerprint density at radius 3 is 1.53 bits per heavy atom. The molecule has 0 aromatic heterocycles. The van der Waals surface area contributed by atoms with Gasteiger partial charge in [0.1, 0.15) is 24.4 Å². The van der Waals surface area contributed by atoms with Crippen molar-refractivity contribution in [2.24, 2.45) is 0 Å². The maximum atomic E-state index is 13.4. The van der Waals surface area contributed by atoms with Gasteiger partial charge in [0.2, 0.25) is 5.91 Å². The fraction of sp³-hybridized carbons (Fsp3) is 0.770. The number of rotatable bonds is 48. The molecule has 1 fully saturated rings. The van der Waals surface area contributed by atoms with Gasteiger partial charge in [-0.1, -0.05) is 216 Å². The van der Waals surface area contributed by atoms with Crippen molar-refractivity contribution in [1.29, 1.82) is 0 Å². The zero-order chi connectivity index (χ0) is 52.5. The molecule has 8 atom stereocenters. The van der Waals surface area contributed by atoms with E-state index in [1.165, 1.54) is 83.5 Å². The van der Waals surface area contributed by atoms with Crippen LogP contribution in [0.25, 0.3) is 0 Å². The molecule has 0 radical (unpaired) electrons. The number of ether oxygens (including phenoxy) is 3. The molecule has 1 aliphatic rings. The number of allylic oxidation sites excluding steroid dienone is 11. The number of nitrogens with one attached hydrogen (secondary N) is 1. The second kappa shape index (κ2) is 49.0. The van der Waals surface area contributed by atoms with Gasteiger partial charge < -0.3 is 45.1 Å². The summed E-state index contributed by atoms with van der Waals surface area (Å²) in [4.78, 5) is 26.5. The second-order valence-corrected chi connectivity index (χ2v) is 20.0. The van der Waals surface area contributed by atoms with E-state index in [1.54, 1.807) is 6.08 Å². The molecule has 11 heteroatoms. The van der Waals surface area contributed by atoms with Gasteiger partial charge in [0.15, 0.2) is 12.4 Å². The normalized spacial score (nSPS) is 20.0. The molecule has 8 unspecified atom stereocenters. The third-order valence-electron chi connectivity index (χ3n) is 13.3. The molecule has 0 aromatic carbocycles. The molecule has 0 saturated carbocycles. The summed E-state index contributed by atoms with van der Waals surface area (Å²) < 4.78 is 17.6. The van der Waals surface area contributed by atoms with Gasteiger partial charge in [-0.15, -0.1) is 0 Å². The predicted octanol–water partition coefficient (Wildman–Crippen LogP) is 13.2. The summed E-state index contributed by atoms with van der Waals surface area (Å²) >= 11 is 0. The van der Waals surface area contributed by atoms with E-state index in [0.29, 0.717) is 12.8 Å². The molecule has 6 N–H and O–H groups in total. The highest BCUT2D eigenvalue weighted by atomic mass is 16.7. The molecule has 1 amide bonds.